The second-order valence-corrected chi connectivity index (χ2v) is 2.85. The number of aryl methyl sites for hydroxylation is 1. The van der Waals surface area contributed by atoms with Crippen molar-refractivity contribution in [3.05, 3.63) is 41.5 Å². The molecular formula is C11H12O. The molecule has 0 spiro atoms. The second-order valence-electron chi connectivity index (χ2n) is 2.85. The van der Waals surface area contributed by atoms with Gasteiger partial charge in [-0.25, -0.2) is 0 Å². The minimum absolute atomic E-state index is 0.815. The van der Waals surface area contributed by atoms with Crippen LogP contribution in [0.3, 0.4) is 0 Å². The summed E-state index contributed by atoms with van der Waals surface area (Å²) in [5.74, 6) is 0. The van der Waals surface area contributed by atoms with Gasteiger partial charge in [-0.1, -0.05) is 29.8 Å². The largest absolute Gasteiger partial charge is 0.299 e. The first-order chi connectivity index (χ1) is 5.74. The summed E-state index contributed by atoms with van der Waals surface area (Å²) < 4.78 is 0. The summed E-state index contributed by atoms with van der Waals surface area (Å²) in [6.45, 7) is 3.97. The minimum Gasteiger partial charge on any atom is -0.299 e. The molecule has 0 N–H and O–H groups in total. The fourth-order valence-electron chi connectivity index (χ4n) is 1.01. The van der Waals surface area contributed by atoms with Gasteiger partial charge in [0, 0.05) is 0 Å². The van der Waals surface area contributed by atoms with E-state index in [2.05, 4.69) is 0 Å². The third-order valence-corrected chi connectivity index (χ3v) is 1.82. The first-order valence-electron chi connectivity index (χ1n) is 3.93. The van der Waals surface area contributed by atoms with E-state index in [0.717, 1.165) is 17.4 Å². The third kappa shape index (κ3) is 2.06. The lowest BCUT2D eigenvalue weighted by molar-refractivity contribution is -0.104. The molecule has 1 rings (SSSR count). The van der Waals surface area contributed by atoms with E-state index >= 15 is 0 Å². The van der Waals surface area contributed by atoms with Crippen molar-refractivity contribution >= 4 is 11.9 Å². The Balaban J connectivity index is 2.97. The highest BCUT2D eigenvalue weighted by molar-refractivity contribution is 5.80. The average Bonchev–Trinajstić information content (AvgIpc) is 2.06. The van der Waals surface area contributed by atoms with E-state index in [9.17, 15) is 4.79 Å². The van der Waals surface area contributed by atoms with Crippen LogP contribution in [0.2, 0.25) is 0 Å². The fraction of sp³-hybridized carbons (Fsp3) is 0.182. The minimum atomic E-state index is 0.815. The quantitative estimate of drug-likeness (QED) is 0.480. The van der Waals surface area contributed by atoms with Gasteiger partial charge in [0.1, 0.15) is 6.29 Å². The van der Waals surface area contributed by atoms with Crippen molar-refractivity contribution in [2.24, 2.45) is 0 Å². The van der Waals surface area contributed by atoms with Gasteiger partial charge in [0.25, 0.3) is 0 Å². The van der Waals surface area contributed by atoms with Gasteiger partial charge < -0.3 is 0 Å². The van der Waals surface area contributed by atoms with Crippen LogP contribution in [-0.4, -0.2) is 6.29 Å². The zero-order valence-corrected chi connectivity index (χ0v) is 7.37. The Morgan fingerprint density at radius 1 is 1.25 bits per heavy atom. The smallest absolute Gasteiger partial charge is 0.143 e. The molecule has 0 radical (unpaired) electrons. The van der Waals surface area contributed by atoms with Crippen LogP contribution in [-0.2, 0) is 4.79 Å². The lowest BCUT2D eigenvalue weighted by atomic mass is 10.1. The highest BCUT2D eigenvalue weighted by Gasteiger charge is 1.92. The number of hydrogen-bond donors (Lipinski definition) is 0. The van der Waals surface area contributed by atoms with Gasteiger partial charge >= 0.3 is 0 Å². The van der Waals surface area contributed by atoms with Gasteiger partial charge in [0.15, 0.2) is 0 Å². The van der Waals surface area contributed by atoms with Crippen LogP contribution in [0.4, 0.5) is 0 Å². The molecule has 0 fully saturated rings. The molecule has 0 aliphatic rings. The van der Waals surface area contributed by atoms with Gasteiger partial charge in [0.2, 0.25) is 0 Å². The van der Waals surface area contributed by atoms with Crippen molar-refractivity contribution in [2.75, 3.05) is 0 Å². The summed E-state index contributed by atoms with van der Waals surface area (Å²) in [6.07, 6.45) is 2.39. The van der Waals surface area contributed by atoms with Crippen LogP contribution in [0.15, 0.2) is 30.3 Å². The molecule has 62 valence electrons. The van der Waals surface area contributed by atoms with Gasteiger partial charge in [-0.2, -0.15) is 0 Å². The average molecular weight is 160 g/mol. The van der Waals surface area contributed by atoms with Crippen molar-refractivity contribution < 1.29 is 4.79 Å². The SMILES string of the molecule is CC(=CC=O)c1ccc(C)cc1. The zero-order valence-electron chi connectivity index (χ0n) is 7.37. The summed E-state index contributed by atoms with van der Waals surface area (Å²) in [4.78, 5) is 10.2. The second kappa shape index (κ2) is 3.86. The van der Waals surface area contributed by atoms with E-state index in [4.69, 9.17) is 0 Å². The number of benzene rings is 1. The Hall–Kier alpha value is -1.37. The highest BCUT2D eigenvalue weighted by atomic mass is 16.1. The van der Waals surface area contributed by atoms with Crippen molar-refractivity contribution in [3.8, 4) is 0 Å². The molecular weight excluding hydrogens is 148 g/mol. The van der Waals surface area contributed by atoms with Crippen molar-refractivity contribution in [3.63, 3.8) is 0 Å². The molecule has 1 nitrogen and oxygen atoms in total. The first kappa shape index (κ1) is 8.72. The number of hydrogen-bond acceptors (Lipinski definition) is 1. The molecule has 0 saturated heterocycles. The molecule has 0 saturated carbocycles. The summed E-state index contributed by atoms with van der Waals surface area (Å²) in [7, 11) is 0. The Morgan fingerprint density at radius 2 is 1.83 bits per heavy atom. The first-order valence-corrected chi connectivity index (χ1v) is 3.93. The number of rotatable bonds is 2. The lowest BCUT2D eigenvalue weighted by Crippen LogP contribution is -1.80. The molecule has 1 heteroatoms. The van der Waals surface area contributed by atoms with Crippen LogP contribution in [0, 0.1) is 6.92 Å². The van der Waals surface area contributed by atoms with Gasteiger partial charge in [-0.3, -0.25) is 4.79 Å². The Labute approximate surface area is 72.7 Å². The third-order valence-electron chi connectivity index (χ3n) is 1.82. The molecule has 12 heavy (non-hydrogen) atoms. The maximum Gasteiger partial charge on any atom is 0.143 e. The molecule has 0 amide bonds. The maximum absolute atomic E-state index is 10.2. The molecule has 0 aromatic heterocycles. The lowest BCUT2D eigenvalue weighted by Gasteiger charge is -1.99. The van der Waals surface area contributed by atoms with Gasteiger partial charge in [-0.05, 0) is 31.1 Å². The number of allylic oxidation sites excluding steroid dienone is 2. The topological polar surface area (TPSA) is 17.1 Å². The summed E-state index contributed by atoms with van der Waals surface area (Å²) >= 11 is 0. The Kier molecular flexibility index (Phi) is 2.81. The van der Waals surface area contributed by atoms with Gasteiger partial charge in [-0.15, -0.1) is 0 Å². The van der Waals surface area contributed by atoms with Crippen molar-refractivity contribution in [2.45, 2.75) is 13.8 Å². The molecule has 0 unspecified atom stereocenters. The Bertz CT molecular complexity index is 293. The van der Waals surface area contributed by atoms with E-state index in [1.165, 1.54) is 5.56 Å². The summed E-state index contributed by atoms with van der Waals surface area (Å²) in [5, 5.41) is 0. The van der Waals surface area contributed by atoms with E-state index in [1.807, 2.05) is 38.1 Å². The van der Waals surface area contributed by atoms with E-state index < -0.39 is 0 Å². The summed E-state index contributed by atoms with van der Waals surface area (Å²) in [5.41, 5.74) is 3.34. The molecule has 0 heterocycles. The van der Waals surface area contributed by atoms with Crippen LogP contribution >= 0.6 is 0 Å². The highest BCUT2D eigenvalue weighted by Crippen LogP contribution is 2.12. The monoisotopic (exact) mass is 160 g/mol. The molecule has 0 aliphatic heterocycles. The molecule has 0 aliphatic carbocycles. The number of carbonyl (C=O) groups excluding carboxylic acids is 1. The van der Waals surface area contributed by atoms with Gasteiger partial charge in [0.05, 0.1) is 0 Å². The molecule has 1 aromatic rings. The Morgan fingerprint density at radius 3 is 2.33 bits per heavy atom. The van der Waals surface area contributed by atoms with Crippen LogP contribution in [0.1, 0.15) is 18.1 Å². The van der Waals surface area contributed by atoms with Crippen LogP contribution < -0.4 is 0 Å². The maximum atomic E-state index is 10.2. The summed E-state index contributed by atoms with van der Waals surface area (Å²) in [6, 6.07) is 8.12. The van der Waals surface area contributed by atoms with E-state index in [-0.39, 0.29) is 0 Å². The predicted molar refractivity (Wildman–Crippen MR) is 50.9 cm³/mol. The molecule has 1 aromatic carbocycles. The number of carbonyl (C=O) groups is 1. The fourth-order valence-corrected chi connectivity index (χ4v) is 1.01. The van der Waals surface area contributed by atoms with Crippen LogP contribution in [0.5, 0.6) is 0 Å². The molecule has 0 atom stereocenters. The number of aldehydes is 1. The predicted octanol–water partition coefficient (Wildman–Crippen LogP) is 2.60. The van der Waals surface area contributed by atoms with Crippen molar-refractivity contribution in [1.29, 1.82) is 0 Å². The molecule has 0 bridgehead atoms. The van der Waals surface area contributed by atoms with Crippen molar-refractivity contribution in [1.82, 2.24) is 0 Å². The zero-order chi connectivity index (χ0) is 8.97. The van der Waals surface area contributed by atoms with Crippen LogP contribution in [0.25, 0.3) is 5.57 Å². The normalized spacial score (nSPS) is 11.3. The van der Waals surface area contributed by atoms with E-state index in [0.29, 0.717) is 0 Å². The van der Waals surface area contributed by atoms with E-state index in [1.54, 1.807) is 6.08 Å². The standard InChI is InChI=1S/C11H12O/c1-9-3-5-11(6-4-9)10(2)7-8-12/h3-8H,1-2H3.